The van der Waals surface area contributed by atoms with Crippen molar-refractivity contribution in [2.45, 2.75) is 4.90 Å². The van der Waals surface area contributed by atoms with Crippen molar-refractivity contribution in [2.24, 2.45) is 0 Å². The van der Waals surface area contributed by atoms with Gasteiger partial charge in [-0.1, -0.05) is 30.3 Å². The highest BCUT2D eigenvalue weighted by Gasteiger charge is 2.17. The molecule has 160 valence electrons. The number of carbonyl (C=O) groups excluding carboxylic acids is 1. The van der Waals surface area contributed by atoms with Crippen LogP contribution >= 0.6 is 0 Å². The summed E-state index contributed by atoms with van der Waals surface area (Å²) in [5.74, 6) is -0.373. The van der Waals surface area contributed by atoms with E-state index < -0.39 is 10.0 Å². The summed E-state index contributed by atoms with van der Waals surface area (Å²) in [6, 6.07) is 18.9. The number of rotatable bonds is 6. The minimum absolute atomic E-state index is 0.155. The maximum Gasteiger partial charge on any atom is 0.267 e. The molecule has 0 aliphatic rings. The molecule has 4 aromatic rings. The van der Waals surface area contributed by atoms with Gasteiger partial charge < -0.3 is 11.1 Å². The molecule has 2 aromatic carbocycles. The van der Waals surface area contributed by atoms with Crippen LogP contribution in [0.4, 0.5) is 11.4 Å². The number of anilines is 2. The van der Waals surface area contributed by atoms with E-state index in [1.807, 2.05) is 12.1 Å². The second-order valence-electron chi connectivity index (χ2n) is 6.96. The summed E-state index contributed by atoms with van der Waals surface area (Å²) in [5.41, 5.74) is 8.93. The van der Waals surface area contributed by atoms with Crippen molar-refractivity contribution in [1.82, 2.24) is 8.96 Å². The van der Waals surface area contributed by atoms with E-state index in [1.165, 1.54) is 24.5 Å². The quantitative estimate of drug-likeness (QED) is 0.345. The smallest absolute Gasteiger partial charge is 0.267 e. The van der Waals surface area contributed by atoms with Gasteiger partial charge in [0.2, 0.25) is 5.91 Å². The summed E-state index contributed by atoms with van der Waals surface area (Å²) in [5, 5.41) is 2.68. The zero-order valence-electron chi connectivity index (χ0n) is 16.9. The van der Waals surface area contributed by atoms with Crippen molar-refractivity contribution in [3.8, 4) is 11.1 Å². The molecule has 3 N–H and O–H groups in total. The molecule has 4 rings (SSSR count). The van der Waals surface area contributed by atoms with Crippen molar-refractivity contribution in [3.05, 3.63) is 103 Å². The molecular formula is C24H20N4O3S. The van der Waals surface area contributed by atoms with E-state index in [-0.39, 0.29) is 10.8 Å². The highest BCUT2D eigenvalue weighted by Crippen LogP contribution is 2.23. The van der Waals surface area contributed by atoms with Crippen LogP contribution in [-0.4, -0.2) is 23.3 Å². The maximum atomic E-state index is 13.1. The Morgan fingerprint density at radius 3 is 2.59 bits per heavy atom. The molecule has 0 fully saturated rings. The van der Waals surface area contributed by atoms with Crippen LogP contribution in [-0.2, 0) is 14.8 Å². The standard InChI is InChI=1S/C24H20N4O3S/c25-22-8-1-2-9-23(22)27-24(29)11-10-18-12-14-28(17-18)32(30,31)21-7-3-5-19(15-21)20-6-4-13-26-16-20/h1-17H,25H2,(H,27,29)/b11-10+. The Hall–Kier alpha value is -4.17. The fraction of sp³-hybridized carbons (Fsp3) is 0. The van der Waals surface area contributed by atoms with Gasteiger partial charge in [-0.2, -0.15) is 0 Å². The lowest BCUT2D eigenvalue weighted by molar-refractivity contribution is -0.111. The number of aromatic nitrogens is 2. The fourth-order valence-corrected chi connectivity index (χ4v) is 4.34. The number of carbonyl (C=O) groups is 1. The Labute approximate surface area is 185 Å². The summed E-state index contributed by atoms with van der Waals surface area (Å²) in [6.45, 7) is 0. The maximum absolute atomic E-state index is 13.1. The number of nitrogens with two attached hydrogens (primary N) is 1. The molecule has 0 saturated heterocycles. The normalized spacial score (nSPS) is 11.5. The zero-order chi connectivity index (χ0) is 22.6. The molecule has 7 nitrogen and oxygen atoms in total. The van der Waals surface area contributed by atoms with E-state index in [4.69, 9.17) is 5.73 Å². The third kappa shape index (κ3) is 4.60. The van der Waals surface area contributed by atoms with Crippen LogP contribution in [0.3, 0.4) is 0 Å². The molecule has 2 aromatic heterocycles. The molecule has 0 bridgehead atoms. The molecule has 0 aliphatic heterocycles. The first-order valence-electron chi connectivity index (χ1n) is 9.71. The Bertz CT molecular complexity index is 1390. The molecular weight excluding hydrogens is 424 g/mol. The van der Waals surface area contributed by atoms with Gasteiger partial charge in [0.1, 0.15) is 0 Å². The molecule has 2 heterocycles. The van der Waals surface area contributed by atoms with Crippen molar-refractivity contribution in [2.75, 3.05) is 11.1 Å². The van der Waals surface area contributed by atoms with Crippen LogP contribution in [0.2, 0.25) is 0 Å². The molecule has 0 unspecified atom stereocenters. The molecule has 0 atom stereocenters. The zero-order valence-corrected chi connectivity index (χ0v) is 17.7. The van der Waals surface area contributed by atoms with Gasteiger partial charge in [0, 0.05) is 36.4 Å². The summed E-state index contributed by atoms with van der Waals surface area (Å²) in [6.07, 6.45) is 9.09. The summed E-state index contributed by atoms with van der Waals surface area (Å²) in [4.78, 5) is 16.4. The van der Waals surface area contributed by atoms with Gasteiger partial charge in [0.25, 0.3) is 10.0 Å². The van der Waals surface area contributed by atoms with Crippen molar-refractivity contribution in [3.63, 3.8) is 0 Å². The van der Waals surface area contributed by atoms with Gasteiger partial charge in [0.15, 0.2) is 0 Å². The lowest BCUT2D eigenvalue weighted by Gasteiger charge is -2.08. The Morgan fingerprint density at radius 1 is 1.00 bits per heavy atom. The third-order valence-corrected chi connectivity index (χ3v) is 6.37. The van der Waals surface area contributed by atoms with E-state index in [2.05, 4.69) is 10.3 Å². The van der Waals surface area contributed by atoms with E-state index in [9.17, 15) is 13.2 Å². The highest BCUT2D eigenvalue weighted by molar-refractivity contribution is 7.90. The molecule has 0 spiro atoms. The second kappa shape index (κ2) is 8.91. The van der Waals surface area contributed by atoms with Gasteiger partial charge in [0.05, 0.1) is 16.3 Å². The molecule has 32 heavy (non-hydrogen) atoms. The lowest BCUT2D eigenvalue weighted by Crippen LogP contribution is -2.11. The fourth-order valence-electron chi connectivity index (χ4n) is 3.09. The summed E-state index contributed by atoms with van der Waals surface area (Å²) < 4.78 is 27.3. The van der Waals surface area contributed by atoms with E-state index in [1.54, 1.807) is 67.0 Å². The monoisotopic (exact) mass is 444 g/mol. The molecule has 0 saturated carbocycles. The Balaban J connectivity index is 1.52. The molecule has 8 heteroatoms. The first kappa shape index (κ1) is 21.1. The number of hydrogen-bond acceptors (Lipinski definition) is 5. The van der Waals surface area contributed by atoms with Gasteiger partial charge in [-0.25, -0.2) is 12.4 Å². The predicted octanol–water partition coefficient (Wildman–Crippen LogP) is 4.02. The number of para-hydroxylation sites is 2. The van der Waals surface area contributed by atoms with Crippen LogP contribution in [0.1, 0.15) is 5.56 Å². The first-order valence-corrected chi connectivity index (χ1v) is 11.1. The van der Waals surface area contributed by atoms with E-state index >= 15 is 0 Å². The number of amides is 1. The van der Waals surface area contributed by atoms with Crippen LogP contribution in [0.5, 0.6) is 0 Å². The average Bonchev–Trinajstić information content (AvgIpc) is 3.30. The predicted molar refractivity (Wildman–Crippen MR) is 125 cm³/mol. The first-order chi connectivity index (χ1) is 15.4. The number of nitrogens with one attached hydrogen (secondary N) is 1. The number of nitrogen functional groups attached to an aromatic ring is 1. The van der Waals surface area contributed by atoms with Gasteiger partial charge in [-0.05, 0) is 53.6 Å². The van der Waals surface area contributed by atoms with Crippen LogP contribution in [0, 0.1) is 0 Å². The second-order valence-corrected chi connectivity index (χ2v) is 8.80. The third-order valence-electron chi connectivity index (χ3n) is 4.74. The van der Waals surface area contributed by atoms with Crippen LogP contribution < -0.4 is 11.1 Å². The number of benzene rings is 2. The Morgan fingerprint density at radius 2 is 1.81 bits per heavy atom. The number of pyridine rings is 1. The number of nitrogens with zero attached hydrogens (tertiary/aromatic N) is 2. The van der Waals surface area contributed by atoms with Crippen molar-refractivity contribution < 1.29 is 13.2 Å². The van der Waals surface area contributed by atoms with Gasteiger partial charge in [-0.3, -0.25) is 9.78 Å². The van der Waals surface area contributed by atoms with E-state index in [0.29, 0.717) is 16.9 Å². The Kier molecular flexibility index (Phi) is 5.87. The summed E-state index contributed by atoms with van der Waals surface area (Å²) in [7, 11) is -3.80. The number of hydrogen-bond donors (Lipinski definition) is 2. The van der Waals surface area contributed by atoms with Crippen LogP contribution in [0.15, 0.2) is 102 Å². The van der Waals surface area contributed by atoms with Crippen molar-refractivity contribution >= 4 is 33.4 Å². The average molecular weight is 445 g/mol. The highest BCUT2D eigenvalue weighted by atomic mass is 32.2. The van der Waals surface area contributed by atoms with Crippen LogP contribution in [0.25, 0.3) is 17.2 Å². The van der Waals surface area contributed by atoms with Crippen molar-refractivity contribution in [1.29, 1.82) is 0 Å². The minimum atomic E-state index is -3.80. The topological polar surface area (TPSA) is 107 Å². The SMILES string of the molecule is Nc1ccccc1NC(=O)/C=C/c1ccn(S(=O)(=O)c2cccc(-c3cccnc3)c2)c1. The molecule has 0 radical (unpaired) electrons. The lowest BCUT2D eigenvalue weighted by atomic mass is 10.1. The van der Waals surface area contributed by atoms with Gasteiger partial charge in [-0.15, -0.1) is 0 Å². The largest absolute Gasteiger partial charge is 0.397 e. The van der Waals surface area contributed by atoms with Gasteiger partial charge >= 0.3 is 0 Å². The molecule has 0 aliphatic carbocycles. The van der Waals surface area contributed by atoms with E-state index in [0.717, 1.165) is 15.1 Å². The minimum Gasteiger partial charge on any atom is -0.397 e. The summed E-state index contributed by atoms with van der Waals surface area (Å²) >= 11 is 0. The molecule has 1 amide bonds.